The topological polar surface area (TPSA) is 113 Å². The molecule has 1 aliphatic rings. The monoisotopic (exact) mass is 444 g/mol. The van der Waals surface area contributed by atoms with Crippen molar-refractivity contribution in [2.24, 2.45) is 22.9 Å². The van der Waals surface area contributed by atoms with Gasteiger partial charge in [0.15, 0.2) is 0 Å². The highest BCUT2D eigenvalue weighted by atomic mass is 19.0. The summed E-state index contributed by atoms with van der Waals surface area (Å²) >= 11 is 0. The van der Waals surface area contributed by atoms with Gasteiger partial charge in [0.05, 0.1) is 0 Å². The molecule has 0 unspecified atom stereocenters. The third kappa shape index (κ3) is 114. The fraction of sp³-hybridized carbons (Fsp3) is 1.00. The van der Waals surface area contributed by atoms with Crippen molar-refractivity contribution in [3.63, 3.8) is 0 Å². The molecule has 0 saturated carbocycles. The first-order valence-corrected chi connectivity index (χ1v) is 10.5. The summed E-state index contributed by atoms with van der Waals surface area (Å²) in [5.74, 6) is 0. The van der Waals surface area contributed by atoms with E-state index in [-0.39, 0.29) is 18.8 Å². The molecule has 0 aromatic heterocycles. The highest BCUT2D eigenvalue weighted by molar-refractivity contribution is 4.43. The Morgan fingerprint density at radius 2 is 0.690 bits per heavy atom. The molecule has 0 aromatic carbocycles. The molecule has 1 fully saturated rings. The number of hydrogen-bond donors (Lipinski definition) is 4. The van der Waals surface area contributed by atoms with Gasteiger partial charge < -0.3 is 27.7 Å². The minimum atomic E-state index is 0. The van der Waals surface area contributed by atoms with Crippen molar-refractivity contribution < 1.29 is 23.6 Å². The van der Waals surface area contributed by atoms with Crippen LogP contribution in [0.1, 0.15) is 91.9 Å². The number of unbranched alkanes of at least 4 members (excludes halogenated alkanes) is 4. The summed E-state index contributed by atoms with van der Waals surface area (Å²) in [7, 11) is 0. The normalized spacial score (nSPS) is 9.93. The van der Waals surface area contributed by atoms with Crippen LogP contribution in [0.15, 0.2) is 0 Å². The molecular weight excluding hydrogens is 388 g/mol. The summed E-state index contributed by atoms with van der Waals surface area (Å²) in [5.41, 5.74) is 20.6. The lowest BCUT2D eigenvalue weighted by Gasteiger charge is -1.80. The van der Waals surface area contributed by atoms with Crippen molar-refractivity contribution in [3.8, 4) is 0 Å². The third-order valence-electron chi connectivity index (χ3n) is 3.06. The maximum absolute atomic E-state index is 5.14. The van der Waals surface area contributed by atoms with Gasteiger partial charge in [0.25, 0.3) is 0 Å². The number of nitrogens with two attached hydrogens (primary N) is 4. The minimum Gasteiger partial charge on any atom is -0.381 e. The number of hydrogen-bond acceptors (Lipinski definition) is 5. The Morgan fingerprint density at radius 3 is 0.724 bits per heavy atom. The zero-order valence-electron chi connectivity index (χ0n) is 19.7. The summed E-state index contributed by atoms with van der Waals surface area (Å²) in [6, 6.07) is 0. The highest BCUT2D eigenvalue weighted by Gasteiger charge is 1.94. The first kappa shape index (κ1) is 51.3. The van der Waals surface area contributed by atoms with E-state index >= 15 is 0 Å². The summed E-state index contributed by atoms with van der Waals surface area (Å²) in [6.45, 7) is 13.9. The van der Waals surface area contributed by atoms with Gasteiger partial charge in [-0.05, 0) is 64.7 Å². The van der Waals surface area contributed by atoms with Crippen LogP contribution in [0.3, 0.4) is 0 Å². The maximum atomic E-state index is 5.14. The SMILES string of the molecule is C1CCOC1.CCCCN.CCCCN.CCCCN.CCCCN.F.F.F.F. The summed E-state index contributed by atoms with van der Waals surface area (Å²) in [6.07, 6.45) is 12.1. The number of halogens is 4. The van der Waals surface area contributed by atoms with E-state index in [1.54, 1.807) is 0 Å². The fourth-order valence-corrected chi connectivity index (χ4v) is 1.33. The average Bonchev–Trinajstić information content (AvgIpc) is 3.19. The summed E-state index contributed by atoms with van der Waals surface area (Å²) < 4.78 is 4.94. The first-order valence-electron chi connectivity index (χ1n) is 10.5. The van der Waals surface area contributed by atoms with Gasteiger partial charge in [-0.2, -0.15) is 0 Å². The molecule has 0 amide bonds. The van der Waals surface area contributed by atoms with Crippen LogP contribution in [-0.4, -0.2) is 39.4 Å². The third-order valence-corrected chi connectivity index (χ3v) is 3.06. The second-order valence-corrected chi connectivity index (χ2v) is 5.89. The van der Waals surface area contributed by atoms with Crippen molar-refractivity contribution in [2.45, 2.75) is 91.9 Å². The Bertz CT molecular complexity index is 134. The van der Waals surface area contributed by atoms with E-state index in [9.17, 15) is 0 Å². The van der Waals surface area contributed by atoms with Crippen molar-refractivity contribution in [1.29, 1.82) is 0 Å². The van der Waals surface area contributed by atoms with Gasteiger partial charge in [-0.1, -0.05) is 53.4 Å². The van der Waals surface area contributed by atoms with Gasteiger partial charge in [-0.3, -0.25) is 18.8 Å². The van der Waals surface area contributed by atoms with Crippen LogP contribution in [0.2, 0.25) is 0 Å². The quantitative estimate of drug-likeness (QED) is 0.415. The largest absolute Gasteiger partial charge is 0.381 e. The average molecular weight is 445 g/mol. The van der Waals surface area contributed by atoms with E-state index < -0.39 is 0 Å². The molecule has 9 heteroatoms. The highest BCUT2D eigenvalue weighted by Crippen LogP contribution is 1.98. The molecule has 29 heavy (non-hydrogen) atoms. The molecule has 0 aromatic rings. The predicted molar refractivity (Wildman–Crippen MR) is 126 cm³/mol. The summed E-state index contributed by atoms with van der Waals surface area (Å²) in [5, 5.41) is 0. The molecule has 1 aliphatic heterocycles. The smallest absolute Gasteiger partial charge is 0.0466 e. The zero-order chi connectivity index (χ0) is 20.0. The molecule has 8 N–H and O–H groups in total. The zero-order valence-corrected chi connectivity index (χ0v) is 19.7. The van der Waals surface area contributed by atoms with Crippen LogP contribution in [0.25, 0.3) is 0 Å². The molecule has 0 bridgehead atoms. The van der Waals surface area contributed by atoms with Gasteiger partial charge in [0.1, 0.15) is 0 Å². The lowest BCUT2D eigenvalue weighted by molar-refractivity contribution is 0.198. The van der Waals surface area contributed by atoms with Crippen molar-refractivity contribution in [1.82, 2.24) is 0 Å². The van der Waals surface area contributed by atoms with Crippen molar-refractivity contribution >= 4 is 0 Å². The lowest BCUT2D eigenvalue weighted by Crippen LogP contribution is -1.95. The fourth-order valence-electron chi connectivity index (χ4n) is 1.33. The molecular formula is C20H56F4N4O. The molecule has 0 atom stereocenters. The van der Waals surface area contributed by atoms with Crippen molar-refractivity contribution in [2.75, 3.05) is 39.4 Å². The van der Waals surface area contributed by atoms with E-state index in [1.807, 2.05) is 0 Å². The second kappa shape index (κ2) is 70.9. The van der Waals surface area contributed by atoms with Gasteiger partial charge in [0.2, 0.25) is 0 Å². The number of ether oxygens (including phenoxy) is 1. The van der Waals surface area contributed by atoms with Crippen LogP contribution in [0, 0.1) is 0 Å². The molecule has 0 aliphatic carbocycles. The van der Waals surface area contributed by atoms with Gasteiger partial charge in [-0.25, -0.2) is 0 Å². The van der Waals surface area contributed by atoms with E-state index in [0.717, 1.165) is 39.4 Å². The van der Waals surface area contributed by atoms with Gasteiger partial charge in [-0.15, -0.1) is 0 Å². The second-order valence-electron chi connectivity index (χ2n) is 5.89. The Morgan fingerprint density at radius 1 is 0.483 bits per heavy atom. The molecule has 0 radical (unpaired) electrons. The van der Waals surface area contributed by atoms with Crippen LogP contribution in [0.4, 0.5) is 18.8 Å². The van der Waals surface area contributed by atoms with Gasteiger partial charge in [0, 0.05) is 13.2 Å². The van der Waals surface area contributed by atoms with Crippen LogP contribution >= 0.6 is 0 Å². The predicted octanol–water partition coefficient (Wildman–Crippen LogP) is 4.39. The Balaban J connectivity index is -0.0000000306. The lowest BCUT2D eigenvalue weighted by atomic mass is 10.3. The van der Waals surface area contributed by atoms with E-state index in [0.29, 0.717) is 0 Å². The first-order chi connectivity index (χ1) is 12.2. The molecule has 0 spiro atoms. The minimum absolute atomic E-state index is 0. The molecule has 1 saturated heterocycles. The molecule has 190 valence electrons. The maximum Gasteiger partial charge on any atom is 0.0466 e. The summed E-state index contributed by atoms with van der Waals surface area (Å²) in [4.78, 5) is 0. The van der Waals surface area contributed by atoms with E-state index in [4.69, 9.17) is 27.7 Å². The standard InChI is InChI=1S/4C4H11N.C4H8O.4FH/c4*1-2-3-4-5;1-2-4-5-3-1;;;;/h4*2-5H2,1H3;1-4H2;4*1H. The molecule has 1 heterocycles. The van der Waals surface area contributed by atoms with E-state index in [2.05, 4.69) is 27.7 Å². The van der Waals surface area contributed by atoms with E-state index in [1.165, 1.54) is 64.2 Å². The van der Waals surface area contributed by atoms with Crippen molar-refractivity contribution in [3.05, 3.63) is 0 Å². The van der Waals surface area contributed by atoms with Gasteiger partial charge >= 0.3 is 0 Å². The Kier molecular flexibility index (Phi) is 125. The van der Waals surface area contributed by atoms with Crippen LogP contribution in [-0.2, 0) is 4.74 Å². The Labute approximate surface area is 178 Å². The van der Waals surface area contributed by atoms with Crippen LogP contribution < -0.4 is 22.9 Å². The molecule has 5 nitrogen and oxygen atoms in total. The molecule has 1 rings (SSSR count). The number of rotatable bonds is 8. The Hall–Kier alpha value is -0.480. The van der Waals surface area contributed by atoms with Crippen LogP contribution in [0.5, 0.6) is 0 Å².